The molecule has 18 heavy (non-hydrogen) atoms. The van der Waals surface area contributed by atoms with Crippen LogP contribution < -0.4 is 10.5 Å². The Hall–Kier alpha value is -1.39. The smallest absolute Gasteiger partial charge is 0.159 e. The molecule has 4 nitrogen and oxygen atoms in total. The van der Waals surface area contributed by atoms with Crippen LogP contribution in [0.15, 0.2) is 12.1 Å². The van der Waals surface area contributed by atoms with Gasteiger partial charge in [0.25, 0.3) is 0 Å². The highest BCUT2D eigenvalue weighted by Gasteiger charge is 2.41. The lowest BCUT2D eigenvalue weighted by molar-refractivity contribution is -0.0576. The lowest BCUT2D eigenvalue weighted by Crippen LogP contribution is -2.51. The summed E-state index contributed by atoms with van der Waals surface area (Å²) in [6, 6.07) is 2.97. The predicted octanol–water partition coefficient (Wildman–Crippen LogP) is 1.73. The van der Waals surface area contributed by atoms with Gasteiger partial charge in [-0.2, -0.15) is 0 Å². The van der Waals surface area contributed by atoms with Crippen molar-refractivity contribution in [1.29, 1.82) is 0 Å². The van der Waals surface area contributed by atoms with E-state index in [0.717, 1.165) is 5.56 Å². The Labute approximate surface area is 107 Å². The minimum Gasteiger partial charge on any atom is -0.484 e. The summed E-state index contributed by atoms with van der Waals surface area (Å²) >= 11 is 0. The molecular formula is C14H19NO3. The topological polar surface area (TPSA) is 72.6 Å². The Balaban J connectivity index is 2.61. The van der Waals surface area contributed by atoms with Crippen LogP contribution in [-0.2, 0) is 0 Å². The monoisotopic (exact) mass is 249 g/mol. The Morgan fingerprint density at radius 1 is 1.44 bits per heavy atom. The first-order valence-electron chi connectivity index (χ1n) is 6.02. The minimum atomic E-state index is -0.799. The summed E-state index contributed by atoms with van der Waals surface area (Å²) in [6.45, 7) is 7.00. The summed E-state index contributed by atoms with van der Waals surface area (Å²) in [4.78, 5) is 11.5. The number of hydrogen-bond acceptors (Lipinski definition) is 4. The van der Waals surface area contributed by atoms with E-state index in [4.69, 9.17) is 10.5 Å². The highest BCUT2D eigenvalue weighted by molar-refractivity contribution is 5.94. The lowest BCUT2D eigenvalue weighted by atomic mass is 9.85. The van der Waals surface area contributed by atoms with Gasteiger partial charge >= 0.3 is 0 Å². The number of nitrogens with two attached hydrogens (primary N) is 1. The van der Waals surface area contributed by atoms with Crippen molar-refractivity contribution >= 4 is 5.78 Å². The maximum absolute atomic E-state index is 11.5. The number of ketones is 1. The molecule has 1 aromatic rings. The molecule has 0 unspecified atom stereocenters. The van der Waals surface area contributed by atoms with Crippen LogP contribution in [-0.4, -0.2) is 22.6 Å². The quantitative estimate of drug-likeness (QED) is 0.743. The van der Waals surface area contributed by atoms with Gasteiger partial charge in [0.15, 0.2) is 5.78 Å². The van der Waals surface area contributed by atoms with E-state index in [2.05, 4.69) is 0 Å². The number of hydrogen-bond donors (Lipinski definition) is 2. The number of carbonyl (C=O) groups is 1. The second kappa shape index (κ2) is 4.07. The molecule has 0 fully saturated rings. The molecule has 2 atom stereocenters. The van der Waals surface area contributed by atoms with Crippen LogP contribution in [0.1, 0.15) is 48.3 Å². The van der Waals surface area contributed by atoms with Gasteiger partial charge in [0.2, 0.25) is 0 Å². The number of ether oxygens (including phenoxy) is 1. The zero-order chi connectivity index (χ0) is 13.7. The SMILES string of the molecule is CC(=O)c1cc(C)c2c(c1)[C@H](N)[C@@H](O)C(C)(C)O2. The standard InChI is InChI=1S/C14H19NO3/c1-7-5-9(8(2)16)6-10-11(15)13(17)14(3,4)18-12(7)10/h5-6,11,13,17H,15H2,1-4H3/t11-,13+/m0/s1. The van der Waals surface area contributed by atoms with Gasteiger partial charge in [0.1, 0.15) is 17.5 Å². The molecule has 1 aliphatic heterocycles. The highest BCUT2D eigenvalue weighted by atomic mass is 16.5. The molecule has 98 valence electrons. The predicted molar refractivity (Wildman–Crippen MR) is 68.8 cm³/mol. The summed E-state index contributed by atoms with van der Waals surface area (Å²) in [5.74, 6) is 0.662. The zero-order valence-electron chi connectivity index (χ0n) is 11.2. The van der Waals surface area contributed by atoms with E-state index in [1.54, 1.807) is 26.0 Å². The van der Waals surface area contributed by atoms with Gasteiger partial charge in [-0.3, -0.25) is 4.79 Å². The van der Waals surface area contributed by atoms with E-state index in [0.29, 0.717) is 16.9 Å². The average Bonchev–Trinajstić information content (AvgIpc) is 2.27. The van der Waals surface area contributed by atoms with Crippen molar-refractivity contribution in [2.45, 2.75) is 45.4 Å². The second-order valence-electron chi connectivity index (χ2n) is 5.44. The fourth-order valence-electron chi connectivity index (χ4n) is 2.32. The minimum absolute atomic E-state index is 0.0209. The van der Waals surface area contributed by atoms with Gasteiger partial charge in [-0.25, -0.2) is 0 Å². The van der Waals surface area contributed by atoms with Crippen molar-refractivity contribution in [1.82, 2.24) is 0 Å². The number of Topliss-reactive ketones (excluding diaryl/α,β-unsaturated/α-hetero) is 1. The summed E-state index contributed by atoms with van der Waals surface area (Å²) in [6.07, 6.45) is -0.799. The van der Waals surface area contributed by atoms with Gasteiger partial charge in [0, 0.05) is 11.1 Å². The molecule has 0 aromatic heterocycles. The molecular weight excluding hydrogens is 230 g/mol. The summed E-state index contributed by atoms with van der Waals surface area (Å²) in [5, 5.41) is 10.1. The average molecular weight is 249 g/mol. The van der Waals surface area contributed by atoms with Crippen LogP contribution in [0.3, 0.4) is 0 Å². The van der Waals surface area contributed by atoms with Crippen LogP contribution in [0.5, 0.6) is 5.75 Å². The van der Waals surface area contributed by atoms with Crippen LogP contribution in [0.25, 0.3) is 0 Å². The van der Waals surface area contributed by atoms with E-state index in [-0.39, 0.29) is 5.78 Å². The van der Waals surface area contributed by atoms with E-state index >= 15 is 0 Å². The van der Waals surface area contributed by atoms with Crippen molar-refractivity contribution in [3.63, 3.8) is 0 Å². The van der Waals surface area contributed by atoms with Crippen LogP contribution in [0.4, 0.5) is 0 Å². The molecule has 0 saturated carbocycles. The Bertz CT molecular complexity index is 508. The molecule has 0 amide bonds. The number of aryl methyl sites for hydroxylation is 1. The molecule has 0 spiro atoms. The first-order chi connectivity index (χ1) is 8.24. The van der Waals surface area contributed by atoms with Crippen LogP contribution in [0, 0.1) is 6.92 Å². The van der Waals surface area contributed by atoms with E-state index in [9.17, 15) is 9.90 Å². The first-order valence-corrected chi connectivity index (χ1v) is 6.02. The van der Waals surface area contributed by atoms with Gasteiger partial charge < -0.3 is 15.6 Å². The van der Waals surface area contributed by atoms with Gasteiger partial charge in [-0.05, 0) is 45.4 Å². The van der Waals surface area contributed by atoms with Crippen molar-refractivity contribution in [3.05, 3.63) is 28.8 Å². The van der Waals surface area contributed by atoms with Crippen LogP contribution >= 0.6 is 0 Å². The first kappa shape index (κ1) is 13.1. The van der Waals surface area contributed by atoms with Gasteiger partial charge in [-0.1, -0.05) is 0 Å². The van der Waals surface area contributed by atoms with Crippen molar-refractivity contribution < 1.29 is 14.6 Å². The number of aliphatic hydroxyl groups is 1. The summed E-state index contributed by atoms with van der Waals surface area (Å²) in [5.41, 5.74) is 7.50. The lowest BCUT2D eigenvalue weighted by Gasteiger charge is -2.41. The van der Waals surface area contributed by atoms with E-state index in [1.165, 1.54) is 6.92 Å². The molecule has 1 heterocycles. The van der Waals surface area contributed by atoms with Crippen molar-refractivity contribution in [2.24, 2.45) is 5.73 Å². The third-order valence-electron chi connectivity index (χ3n) is 3.49. The fourth-order valence-corrected chi connectivity index (χ4v) is 2.32. The van der Waals surface area contributed by atoms with Crippen molar-refractivity contribution in [3.8, 4) is 5.75 Å². The number of fused-ring (bicyclic) bond motifs is 1. The van der Waals surface area contributed by atoms with Gasteiger partial charge in [-0.15, -0.1) is 0 Å². The molecule has 0 saturated heterocycles. The number of carbonyl (C=O) groups excluding carboxylic acids is 1. The third kappa shape index (κ3) is 1.91. The van der Waals surface area contributed by atoms with Gasteiger partial charge in [0.05, 0.1) is 6.04 Å². The second-order valence-corrected chi connectivity index (χ2v) is 5.44. The number of benzene rings is 1. The maximum atomic E-state index is 11.5. The highest BCUT2D eigenvalue weighted by Crippen LogP contribution is 2.41. The molecule has 0 bridgehead atoms. The molecule has 4 heteroatoms. The third-order valence-corrected chi connectivity index (χ3v) is 3.49. The van der Waals surface area contributed by atoms with E-state index < -0.39 is 17.7 Å². The normalized spacial score (nSPS) is 25.2. The maximum Gasteiger partial charge on any atom is 0.159 e. The fraction of sp³-hybridized carbons (Fsp3) is 0.500. The Morgan fingerprint density at radius 2 is 2.06 bits per heavy atom. The largest absolute Gasteiger partial charge is 0.484 e. The van der Waals surface area contributed by atoms with E-state index in [1.807, 2.05) is 6.92 Å². The summed E-state index contributed by atoms with van der Waals surface area (Å²) < 4.78 is 5.83. The molecule has 3 N–H and O–H groups in total. The summed E-state index contributed by atoms with van der Waals surface area (Å²) in [7, 11) is 0. The molecule has 2 rings (SSSR count). The molecule has 1 aromatic carbocycles. The number of aliphatic hydroxyl groups excluding tert-OH is 1. The van der Waals surface area contributed by atoms with Crippen molar-refractivity contribution in [2.75, 3.05) is 0 Å². The zero-order valence-corrected chi connectivity index (χ0v) is 11.2. The molecule has 0 radical (unpaired) electrons. The Morgan fingerprint density at radius 3 is 2.61 bits per heavy atom. The van der Waals surface area contributed by atoms with Crippen LogP contribution in [0.2, 0.25) is 0 Å². The molecule has 0 aliphatic carbocycles. The Kier molecular flexibility index (Phi) is 2.95. The number of rotatable bonds is 1. The molecule has 1 aliphatic rings.